The van der Waals surface area contributed by atoms with Crippen LogP contribution in [0, 0.1) is 17.3 Å². The molecule has 0 aliphatic carbocycles. The van der Waals surface area contributed by atoms with Crippen LogP contribution >= 0.6 is 0 Å². The number of anilines is 1. The Labute approximate surface area is 355 Å². The predicted octanol–water partition coefficient (Wildman–Crippen LogP) is 8.65. The van der Waals surface area contributed by atoms with E-state index in [2.05, 4.69) is 62.8 Å². The lowest BCUT2D eigenvalue weighted by atomic mass is 9.95. The van der Waals surface area contributed by atoms with Crippen LogP contribution in [0.4, 0.5) is 19.4 Å². The maximum absolute atomic E-state index is 17.6. The average molecular weight is 844 g/mol. The fourth-order valence-corrected chi connectivity index (χ4v) is 15.9. The van der Waals surface area contributed by atoms with Gasteiger partial charge in [-0.1, -0.05) is 59.6 Å². The molecule has 1 aromatic carbocycles. The van der Waals surface area contributed by atoms with Crippen molar-refractivity contribution >= 4 is 36.8 Å². The first-order chi connectivity index (χ1) is 28.2. The van der Waals surface area contributed by atoms with Gasteiger partial charge in [0.05, 0.1) is 23.0 Å². The molecule has 11 nitrogen and oxygen atoms in total. The molecule has 0 spiro atoms. The van der Waals surface area contributed by atoms with E-state index >= 15 is 4.39 Å². The third kappa shape index (κ3) is 8.08. The Morgan fingerprint density at radius 1 is 1.00 bits per heavy atom. The molecule has 2 aromatic heterocycles. The number of carbonyl (C=O) groups excluding carboxylic acids is 2. The zero-order valence-electron chi connectivity index (χ0n) is 37.4. The number of halogens is 2. The number of carbonyl (C=O) groups is 2. The fraction of sp³-hybridized carbons (Fsp3) is 0.630. The van der Waals surface area contributed by atoms with Crippen LogP contribution in [0.15, 0.2) is 24.3 Å². The lowest BCUT2D eigenvalue weighted by molar-refractivity contribution is 0.0122. The first kappa shape index (κ1) is 43.7. The van der Waals surface area contributed by atoms with Crippen molar-refractivity contribution in [2.24, 2.45) is 0 Å². The van der Waals surface area contributed by atoms with Gasteiger partial charge < -0.3 is 19.3 Å². The Morgan fingerprint density at radius 2 is 1.67 bits per heavy atom. The summed E-state index contributed by atoms with van der Waals surface area (Å²) in [6.07, 6.45) is 2.38. The van der Waals surface area contributed by atoms with Crippen LogP contribution in [-0.2, 0) is 4.74 Å². The van der Waals surface area contributed by atoms with Gasteiger partial charge in [-0.3, -0.25) is 14.6 Å². The molecular formula is C46H63F2N7O4Si. The minimum absolute atomic E-state index is 0.00953. The molecule has 0 radical (unpaired) electrons. The number of hydrogen-bond acceptors (Lipinski definition) is 9. The van der Waals surface area contributed by atoms with Gasteiger partial charge in [0.15, 0.2) is 5.82 Å². The number of ether oxygens (including phenoxy) is 2. The monoisotopic (exact) mass is 843 g/mol. The van der Waals surface area contributed by atoms with E-state index in [1.807, 2.05) is 25.7 Å². The number of amides is 2. The summed E-state index contributed by atoms with van der Waals surface area (Å²) in [6, 6.07) is 6.49. The summed E-state index contributed by atoms with van der Waals surface area (Å²) in [6.45, 7) is 21.3. The SMILES string of the molecule is CC(C)[Si](C#Cc1nc(-c2cccc(C(=O)N(C)C)c2)c(F)c2nc(OC[C@@]34CCCN3C[C@H](F)C4)nc(N3CC4CCC(C3)N4C(=O)OC(C)(C)C)c12)(C(C)C)C(C)C. The zero-order valence-corrected chi connectivity index (χ0v) is 38.4. The molecular weight excluding hydrogens is 781 g/mol. The number of pyridine rings is 1. The highest BCUT2D eigenvalue weighted by Crippen LogP contribution is 2.44. The first-order valence-electron chi connectivity index (χ1n) is 21.8. The van der Waals surface area contributed by atoms with Gasteiger partial charge >= 0.3 is 12.1 Å². The van der Waals surface area contributed by atoms with E-state index in [4.69, 9.17) is 24.4 Å². The van der Waals surface area contributed by atoms with Crippen molar-refractivity contribution in [2.75, 3.05) is 51.8 Å². The number of piperazine rings is 1. The highest BCUT2D eigenvalue weighted by Gasteiger charge is 2.50. The van der Waals surface area contributed by atoms with Crippen LogP contribution in [0.5, 0.6) is 6.01 Å². The highest BCUT2D eigenvalue weighted by molar-refractivity contribution is 6.90. The van der Waals surface area contributed by atoms with Gasteiger partial charge in [0, 0.05) is 51.3 Å². The molecule has 60 heavy (non-hydrogen) atoms. The molecule has 7 rings (SSSR count). The lowest BCUT2D eigenvalue weighted by Gasteiger charge is -2.42. The van der Waals surface area contributed by atoms with Crippen molar-refractivity contribution in [3.05, 3.63) is 41.3 Å². The van der Waals surface area contributed by atoms with Crippen molar-refractivity contribution in [3.63, 3.8) is 0 Å². The molecule has 4 saturated heterocycles. The van der Waals surface area contributed by atoms with E-state index in [1.165, 1.54) is 4.90 Å². The summed E-state index contributed by atoms with van der Waals surface area (Å²) in [5.74, 6) is 3.08. The molecule has 4 aliphatic rings. The van der Waals surface area contributed by atoms with Gasteiger partial charge in [-0.2, -0.15) is 9.97 Å². The van der Waals surface area contributed by atoms with E-state index in [1.54, 1.807) is 38.4 Å². The van der Waals surface area contributed by atoms with E-state index in [-0.39, 0.29) is 47.9 Å². The maximum Gasteiger partial charge on any atom is 0.410 e. The van der Waals surface area contributed by atoms with Crippen molar-refractivity contribution in [1.29, 1.82) is 0 Å². The van der Waals surface area contributed by atoms with Crippen molar-refractivity contribution < 1.29 is 27.8 Å². The number of nitrogens with zero attached hydrogens (tertiary/aromatic N) is 7. The molecule has 324 valence electrons. The number of benzene rings is 1. The second-order valence-electron chi connectivity index (χ2n) is 19.6. The Bertz CT molecular complexity index is 2160. The summed E-state index contributed by atoms with van der Waals surface area (Å²) < 4.78 is 44.8. The van der Waals surface area contributed by atoms with Crippen LogP contribution in [0.3, 0.4) is 0 Å². The van der Waals surface area contributed by atoms with Crippen LogP contribution in [0.25, 0.3) is 22.2 Å². The van der Waals surface area contributed by atoms with Crippen molar-refractivity contribution in [3.8, 4) is 28.7 Å². The smallest absolute Gasteiger partial charge is 0.410 e. The topological polar surface area (TPSA) is 104 Å². The standard InChI is InChI=1S/C46H63F2N7O4Si/c1-28(2)60(29(3)4,30(5)6)21-18-36-37-40(38(48)39(49-36)31-14-12-15-32(22-31)42(56)52(10)11)50-43(58-27-46-19-13-20-54(46)24-33(47)23-46)51-41(37)53-25-34-16-17-35(26-53)55(34)44(57)59-45(7,8)9/h12,14-15,22,28-30,33-35H,13,16-17,19-20,23-27H2,1-11H3/t33-,34?,35?,46+/m1/s1. The molecule has 0 N–H and O–H groups in total. The molecule has 14 heteroatoms. The number of rotatable bonds is 9. The Balaban J connectivity index is 1.44. The van der Waals surface area contributed by atoms with Crippen LogP contribution in [0.1, 0.15) is 110 Å². The number of hydrogen-bond donors (Lipinski definition) is 0. The summed E-state index contributed by atoms with van der Waals surface area (Å²) >= 11 is 0. The molecule has 3 aromatic rings. The van der Waals surface area contributed by atoms with Crippen molar-refractivity contribution in [2.45, 2.75) is 140 Å². The number of alkyl halides is 1. The van der Waals surface area contributed by atoms with Crippen LogP contribution in [-0.4, -0.2) is 126 Å². The normalized spacial score (nSPS) is 23.1. The van der Waals surface area contributed by atoms with Gasteiger partial charge in [-0.05, 0) is 81.8 Å². The predicted molar refractivity (Wildman–Crippen MR) is 234 cm³/mol. The molecule has 2 unspecified atom stereocenters. The van der Waals surface area contributed by atoms with Gasteiger partial charge in [-0.25, -0.2) is 18.6 Å². The highest BCUT2D eigenvalue weighted by atomic mass is 28.3. The van der Waals surface area contributed by atoms with Gasteiger partial charge in [0.1, 0.15) is 49.2 Å². The molecule has 2 amide bonds. The minimum atomic E-state index is -2.33. The van der Waals surface area contributed by atoms with Crippen molar-refractivity contribution in [1.82, 2.24) is 29.7 Å². The van der Waals surface area contributed by atoms with Crippen LogP contribution in [0.2, 0.25) is 16.6 Å². The van der Waals surface area contributed by atoms with E-state index in [9.17, 15) is 14.0 Å². The molecule has 4 atom stereocenters. The Morgan fingerprint density at radius 3 is 2.28 bits per heavy atom. The molecule has 4 fully saturated rings. The third-order valence-electron chi connectivity index (χ3n) is 13.4. The number of fused-ring (bicyclic) bond motifs is 4. The summed E-state index contributed by atoms with van der Waals surface area (Å²) in [4.78, 5) is 49.2. The summed E-state index contributed by atoms with van der Waals surface area (Å²) in [7, 11) is 1.02. The minimum Gasteiger partial charge on any atom is -0.461 e. The Kier molecular flexibility index (Phi) is 12.0. The largest absolute Gasteiger partial charge is 0.461 e. The Hall–Kier alpha value is -4.35. The van der Waals surface area contributed by atoms with Gasteiger partial charge in [-0.15, -0.1) is 5.54 Å². The second kappa shape index (κ2) is 16.5. The van der Waals surface area contributed by atoms with E-state index < -0.39 is 31.2 Å². The zero-order chi connectivity index (χ0) is 43.5. The molecule has 4 aliphatic heterocycles. The maximum atomic E-state index is 17.6. The average Bonchev–Trinajstić information content (AvgIpc) is 3.79. The molecule has 0 saturated carbocycles. The van der Waals surface area contributed by atoms with E-state index in [0.29, 0.717) is 70.7 Å². The second-order valence-corrected chi connectivity index (χ2v) is 25.2. The van der Waals surface area contributed by atoms with Crippen LogP contribution < -0.4 is 9.64 Å². The van der Waals surface area contributed by atoms with Gasteiger partial charge in [0.2, 0.25) is 0 Å². The summed E-state index contributed by atoms with van der Waals surface area (Å²) in [5, 5.41) is 0.381. The first-order valence-corrected chi connectivity index (χ1v) is 24.0. The third-order valence-corrected chi connectivity index (χ3v) is 19.7. The van der Waals surface area contributed by atoms with Gasteiger partial charge in [0.25, 0.3) is 5.91 Å². The molecule has 6 heterocycles. The molecule has 2 bridgehead atoms. The number of aromatic nitrogens is 3. The lowest BCUT2D eigenvalue weighted by Crippen LogP contribution is -2.57. The quantitative estimate of drug-likeness (QED) is 0.155. The van der Waals surface area contributed by atoms with E-state index in [0.717, 1.165) is 32.2 Å². The summed E-state index contributed by atoms with van der Waals surface area (Å²) in [5.41, 5.74) is 4.86. The fourth-order valence-electron chi connectivity index (χ4n) is 10.7.